The van der Waals surface area contributed by atoms with Crippen LogP contribution in [-0.2, 0) is 6.42 Å². The van der Waals surface area contributed by atoms with Crippen molar-refractivity contribution in [2.75, 3.05) is 7.05 Å². The first-order chi connectivity index (χ1) is 6.95. The summed E-state index contributed by atoms with van der Waals surface area (Å²) in [5.74, 6) is -2.71. The molecule has 1 N–H and O–H groups in total. The van der Waals surface area contributed by atoms with Crippen LogP contribution in [-0.4, -0.2) is 19.0 Å². The van der Waals surface area contributed by atoms with Crippen LogP contribution in [0.15, 0.2) is 24.3 Å². The lowest BCUT2D eigenvalue weighted by atomic mass is 10.0. The molecule has 0 aliphatic heterocycles. The van der Waals surface area contributed by atoms with E-state index < -0.39 is 12.0 Å². The minimum absolute atomic E-state index is 0.212. The number of aryl methyl sites for hydroxylation is 1. The van der Waals surface area contributed by atoms with Crippen molar-refractivity contribution in [3.05, 3.63) is 35.4 Å². The Balaban J connectivity index is 2.77. The van der Waals surface area contributed by atoms with Gasteiger partial charge in [-0.2, -0.15) is 0 Å². The van der Waals surface area contributed by atoms with Gasteiger partial charge in [0.05, 0.1) is 6.04 Å². The van der Waals surface area contributed by atoms with Gasteiger partial charge in [0.2, 0.25) is 0 Å². The van der Waals surface area contributed by atoms with E-state index in [1.807, 2.05) is 19.1 Å². The van der Waals surface area contributed by atoms with Gasteiger partial charge in [-0.1, -0.05) is 29.8 Å². The van der Waals surface area contributed by atoms with Gasteiger partial charge in [0, 0.05) is 6.42 Å². The highest BCUT2D eigenvalue weighted by atomic mass is 19.3. The molecule has 1 aromatic carbocycles. The molecule has 15 heavy (non-hydrogen) atoms. The molecule has 0 saturated carbocycles. The van der Waals surface area contributed by atoms with Gasteiger partial charge in [0.15, 0.2) is 0 Å². The third-order valence-electron chi connectivity index (χ3n) is 2.59. The summed E-state index contributed by atoms with van der Waals surface area (Å²) in [5, 5.41) is 2.59. The van der Waals surface area contributed by atoms with Crippen molar-refractivity contribution < 1.29 is 8.78 Å². The van der Waals surface area contributed by atoms with Gasteiger partial charge >= 0.3 is 0 Å². The maximum atomic E-state index is 13.6. The van der Waals surface area contributed by atoms with Gasteiger partial charge in [-0.15, -0.1) is 0 Å². The molecule has 0 amide bonds. The van der Waals surface area contributed by atoms with Crippen molar-refractivity contribution >= 4 is 0 Å². The average molecular weight is 213 g/mol. The van der Waals surface area contributed by atoms with E-state index in [2.05, 4.69) is 5.32 Å². The fourth-order valence-electron chi connectivity index (χ4n) is 1.46. The molecule has 0 bridgehead atoms. The van der Waals surface area contributed by atoms with Crippen LogP contribution >= 0.6 is 0 Å². The number of rotatable bonds is 4. The Morgan fingerprint density at radius 1 is 1.40 bits per heavy atom. The van der Waals surface area contributed by atoms with Crippen LogP contribution < -0.4 is 5.32 Å². The van der Waals surface area contributed by atoms with Gasteiger partial charge in [0.25, 0.3) is 5.92 Å². The zero-order valence-corrected chi connectivity index (χ0v) is 9.35. The zero-order chi connectivity index (χ0) is 11.5. The SMILES string of the molecule is CNC(C)C(F)(F)Cc1cccc(C)c1. The molecule has 3 heteroatoms. The molecule has 84 valence electrons. The largest absolute Gasteiger partial charge is 0.312 e. The summed E-state index contributed by atoms with van der Waals surface area (Å²) in [6.07, 6.45) is -0.212. The highest BCUT2D eigenvalue weighted by molar-refractivity contribution is 5.23. The minimum atomic E-state index is -2.71. The van der Waals surface area contributed by atoms with Crippen LogP contribution in [0.25, 0.3) is 0 Å². The fraction of sp³-hybridized carbons (Fsp3) is 0.500. The lowest BCUT2D eigenvalue weighted by Gasteiger charge is -2.23. The van der Waals surface area contributed by atoms with Crippen LogP contribution in [0.2, 0.25) is 0 Å². The summed E-state index contributed by atoms with van der Waals surface area (Å²) >= 11 is 0. The average Bonchev–Trinajstić information content (AvgIpc) is 2.15. The second-order valence-electron chi connectivity index (χ2n) is 3.94. The maximum absolute atomic E-state index is 13.6. The van der Waals surface area contributed by atoms with Crippen molar-refractivity contribution in [3.63, 3.8) is 0 Å². The lowest BCUT2D eigenvalue weighted by molar-refractivity contribution is -0.0285. The van der Waals surface area contributed by atoms with E-state index in [9.17, 15) is 8.78 Å². The first kappa shape index (κ1) is 12.1. The van der Waals surface area contributed by atoms with Crippen molar-refractivity contribution in [1.29, 1.82) is 0 Å². The molecule has 0 radical (unpaired) electrons. The number of hydrogen-bond donors (Lipinski definition) is 1. The van der Waals surface area contributed by atoms with Crippen LogP contribution in [0, 0.1) is 6.92 Å². The fourth-order valence-corrected chi connectivity index (χ4v) is 1.46. The molecule has 0 saturated heterocycles. The van der Waals surface area contributed by atoms with Crippen molar-refractivity contribution in [2.45, 2.75) is 32.2 Å². The highest BCUT2D eigenvalue weighted by Crippen LogP contribution is 2.24. The van der Waals surface area contributed by atoms with Gasteiger partial charge in [-0.25, -0.2) is 8.78 Å². The van der Waals surface area contributed by atoms with E-state index in [0.29, 0.717) is 5.56 Å². The van der Waals surface area contributed by atoms with Crippen molar-refractivity contribution in [2.24, 2.45) is 0 Å². The molecule has 0 aliphatic rings. The Kier molecular flexibility index (Phi) is 3.80. The number of halogens is 2. The first-order valence-electron chi connectivity index (χ1n) is 5.06. The number of benzene rings is 1. The topological polar surface area (TPSA) is 12.0 Å². The molecule has 1 rings (SSSR count). The molecule has 0 heterocycles. The zero-order valence-electron chi connectivity index (χ0n) is 9.35. The molecule has 0 aliphatic carbocycles. The van der Waals surface area contributed by atoms with E-state index in [1.165, 1.54) is 6.92 Å². The van der Waals surface area contributed by atoms with E-state index in [0.717, 1.165) is 5.56 Å². The molecule has 0 aromatic heterocycles. The maximum Gasteiger partial charge on any atom is 0.266 e. The minimum Gasteiger partial charge on any atom is -0.312 e. The number of hydrogen-bond acceptors (Lipinski definition) is 1. The summed E-state index contributed by atoms with van der Waals surface area (Å²) in [7, 11) is 1.55. The molecule has 1 aromatic rings. The summed E-state index contributed by atoms with van der Waals surface area (Å²) in [6, 6.07) is 6.45. The van der Waals surface area contributed by atoms with Crippen molar-refractivity contribution in [1.82, 2.24) is 5.32 Å². The smallest absolute Gasteiger partial charge is 0.266 e. The molecular formula is C12H17F2N. The van der Waals surface area contributed by atoms with Gasteiger partial charge in [0.1, 0.15) is 0 Å². The normalized spacial score (nSPS) is 13.9. The molecule has 1 unspecified atom stereocenters. The second kappa shape index (κ2) is 4.71. The van der Waals surface area contributed by atoms with Crippen LogP contribution in [0.5, 0.6) is 0 Å². The van der Waals surface area contributed by atoms with Crippen molar-refractivity contribution in [3.8, 4) is 0 Å². The standard InChI is InChI=1S/C12H17F2N/c1-9-5-4-6-11(7-9)8-12(13,14)10(2)15-3/h4-7,10,15H,8H2,1-3H3. The molecular weight excluding hydrogens is 196 g/mol. The van der Waals surface area contributed by atoms with Crippen LogP contribution in [0.1, 0.15) is 18.1 Å². The monoisotopic (exact) mass is 213 g/mol. The molecule has 0 spiro atoms. The van der Waals surface area contributed by atoms with E-state index in [1.54, 1.807) is 19.2 Å². The lowest BCUT2D eigenvalue weighted by Crippen LogP contribution is -2.42. The van der Waals surface area contributed by atoms with Gasteiger partial charge in [-0.3, -0.25) is 0 Å². The Morgan fingerprint density at radius 2 is 2.07 bits per heavy atom. The molecule has 1 atom stereocenters. The number of nitrogens with one attached hydrogen (secondary N) is 1. The summed E-state index contributed by atoms with van der Waals surface area (Å²) in [5.41, 5.74) is 1.70. The Hall–Kier alpha value is -0.960. The summed E-state index contributed by atoms with van der Waals surface area (Å²) in [6.45, 7) is 3.40. The third-order valence-corrected chi connectivity index (χ3v) is 2.59. The summed E-state index contributed by atoms with van der Waals surface area (Å²) in [4.78, 5) is 0. The molecule has 0 fully saturated rings. The summed E-state index contributed by atoms with van der Waals surface area (Å²) < 4.78 is 27.1. The number of alkyl halides is 2. The van der Waals surface area contributed by atoms with Gasteiger partial charge < -0.3 is 5.32 Å². The third kappa shape index (κ3) is 3.27. The quantitative estimate of drug-likeness (QED) is 0.811. The first-order valence-corrected chi connectivity index (χ1v) is 5.06. The Bertz CT molecular complexity index is 323. The Labute approximate surface area is 89.5 Å². The predicted octanol–water partition coefficient (Wildman–Crippen LogP) is 2.78. The van der Waals surface area contributed by atoms with Crippen LogP contribution in [0.3, 0.4) is 0 Å². The Morgan fingerprint density at radius 3 is 2.60 bits per heavy atom. The predicted molar refractivity (Wildman–Crippen MR) is 58.4 cm³/mol. The molecule has 1 nitrogen and oxygen atoms in total. The van der Waals surface area contributed by atoms with E-state index >= 15 is 0 Å². The highest BCUT2D eigenvalue weighted by Gasteiger charge is 2.35. The van der Waals surface area contributed by atoms with Gasteiger partial charge in [-0.05, 0) is 26.5 Å². The van der Waals surface area contributed by atoms with E-state index in [-0.39, 0.29) is 6.42 Å². The second-order valence-corrected chi connectivity index (χ2v) is 3.94. The van der Waals surface area contributed by atoms with Crippen LogP contribution in [0.4, 0.5) is 8.78 Å². The van der Waals surface area contributed by atoms with E-state index in [4.69, 9.17) is 0 Å².